The number of aliphatic hydroxyl groups excluding tert-OH is 1. The van der Waals surface area contributed by atoms with Crippen LogP contribution < -0.4 is 5.32 Å². The second-order valence-electron chi connectivity index (χ2n) is 3.98. The Hall–Kier alpha value is -1.45. The third-order valence-corrected chi connectivity index (χ3v) is 2.69. The van der Waals surface area contributed by atoms with E-state index in [0.29, 0.717) is 0 Å². The topological polar surface area (TPSA) is 45.1 Å². The minimum atomic E-state index is 0.122. The Morgan fingerprint density at radius 1 is 1.38 bits per heavy atom. The van der Waals surface area contributed by atoms with Crippen LogP contribution in [0.5, 0.6) is 0 Å². The third-order valence-electron chi connectivity index (χ3n) is 2.69. The second kappa shape index (κ2) is 5.05. The zero-order chi connectivity index (χ0) is 11.4. The summed E-state index contributed by atoms with van der Waals surface area (Å²) in [6.45, 7) is 2.89. The van der Waals surface area contributed by atoms with E-state index in [1.54, 1.807) is 6.20 Å². The van der Waals surface area contributed by atoms with Gasteiger partial charge in [0.1, 0.15) is 0 Å². The van der Waals surface area contributed by atoms with Crippen LogP contribution >= 0.6 is 0 Å². The molecule has 2 aromatic rings. The molecule has 1 aromatic heterocycles. The highest BCUT2D eigenvalue weighted by Gasteiger charge is 2.02. The van der Waals surface area contributed by atoms with Gasteiger partial charge in [-0.1, -0.05) is 18.2 Å². The van der Waals surface area contributed by atoms with E-state index in [0.717, 1.165) is 11.9 Å². The van der Waals surface area contributed by atoms with Gasteiger partial charge < -0.3 is 10.4 Å². The number of aromatic nitrogens is 1. The van der Waals surface area contributed by atoms with Crippen LogP contribution in [0.2, 0.25) is 0 Å². The summed E-state index contributed by atoms with van der Waals surface area (Å²) in [7, 11) is 0. The fourth-order valence-corrected chi connectivity index (χ4v) is 1.69. The molecule has 2 rings (SSSR count). The Morgan fingerprint density at radius 2 is 2.25 bits per heavy atom. The number of nitrogens with zero attached hydrogens (tertiary/aromatic N) is 1. The lowest BCUT2D eigenvalue weighted by Gasteiger charge is -2.12. The van der Waals surface area contributed by atoms with Gasteiger partial charge in [-0.25, -0.2) is 0 Å². The van der Waals surface area contributed by atoms with Gasteiger partial charge >= 0.3 is 0 Å². The van der Waals surface area contributed by atoms with E-state index in [4.69, 9.17) is 5.11 Å². The Bertz CT molecular complexity index is 465. The van der Waals surface area contributed by atoms with Crippen molar-refractivity contribution in [3.63, 3.8) is 0 Å². The number of pyridine rings is 1. The molecule has 0 amide bonds. The van der Waals surface area contributed by atoms with Crippen LogP contribution in [-0.2, 0) is 6.54 Å². The van der Waals surface area contributed by atoms with Crippen molar-refractivity contribution in [2.24, 2.45) is 0 Å². The average Bonchev–Trinajstić information content (AvgIpc) is 2.35. The Labute approximate surface area is 95.1 Å². The highest BCUT2D eigenvalue weighted by atomic mass is 16.3. The summed E-state index contributed by atoms with van der Waals surface area (Å²) < 4.78 is 0. The van der Waals surface area contributed by atoms with Crippen LogP contribution in [0.1, 0.15) is 12.5 Å². The predicted molar refractivity (Wildman–Crippen MR) is 65.1 cm³/mol. The molecule has 0 radical (unpaired) electrons. The predicted octanol–water partition coefficient (Wildman–Crippen LogP) is 1.71. The third kappa shape index (κ3) is 2.38. The number of hydrogen-bond donors (Lipinski definition) is 2. The van der Waals surface area contributed by atoms with Crippen LogP contribution in [-0.4, -0.2) is 22.7 Å². The molecule has 0 saturated heterocycles. The number of aliphatic hydroxyl groups is 1. The molecule has 84 valence electrons. The molecule has 2 N–H and O–H groups in total. The number of fused-ring (bicyclic) bond motifs is 1. The largest absolute Gasteiger partial charge is 0.395 e. The van der Waals surface area contributed by atoms with Gasteiger partial charge in [0, 0.05) is 30.4 Å². The molecule has 0 aliphatic heterocycles. The van der Waals surface area contributed by atoms with Crippen molar-refractivity contribution in [3.8, 4) is 0 Å². The first-order chi connectivity index (χ1) is 7.81. The van der Waals surface area contributed by atoms with Crippen LogP contribution in [0.25, 0.3) is 10.8 Å². The summed E-state index contributed by atoms with van der Waals surface area (Å²) in [5.74, 6) is 0. The van der Waals surface area contributed by atoms with E-state index in [-0.39, 0.29) is 12.6 Å². The zero-order valence-electron chi connectivity index (χ0n) is 9.35. The first kappa shape index (κ1) is 11.0. The normalized spacial score (nSPS) is 12.9. The summed E-state index contributed by atoms with van der Waals surface area (Å²) >= 11 is 0. The molecule has 1 atom stereocenters. The Morgan fingerprint density at radius 3 is 3.06 bits per heavy atom. The summed E-state index contributed by atoms with van der Waals surface area (Å²) in [6, 6.07) is 8.33. The number of rotatable bonds is 4. The van der Waals surface area contributed by atoms with Gasteiger partial charge in [-0.15, -0.1) is 0 Å². The monoisotopic (exact) mass is 216 g/mol. The second-order valence-corrected chi connectivity index (χ2v) is 3.98. The molecule has 1 unspecified atom stereocenters. The first-order valence-corrected chi connectivity index (χ1v) is 5.47. The van der Waals surface area contributed by atoms with E-state index in [1.807, 2.05) is 25.3 Å². The molecule has 0 spiro atoms. The highest BCUT2D eigenvalue weighted by molar-refractivity contribution is 5.84. The molecule has 1 aromatic carbocycles. The minimum absolute atomic E-state index is 0.122. The zero-order valence-corrected chi connectivity index (χ0v) is 9.35. The van der Waals surface area contributed by atoms with E-state index in [2.05, 4.69) is 22.4 Å². The minimum Gasteiger partial charge on any atom is -0.395 e. The van der Waals surface area contributed by atoms with Gasteiger partial charge in [0.2, 0.25) is 0 Å². The highest BCUT2D eigenvalue weighted by Crippen LogP contribution is 2.17. The van der Waals surface area contributed by atoms with Crippen molar-refractivity contribution in [3.05, 3.63) is 42.2 Å². The fraction of sp³-hybridized carbons (Fsp3) is 0.308. The SMILES string of the molecule is CC(CO)NCc1cccc2cnccc12. The van der Waals surface area contributed by atoms with E-state index in [9.17, 15) is 0 Å². The van der Waals surface area contributed by atoms with Gasteiger partial charge in [-0.3, -0.25) is 4.98 Å². The Balaban J connectivity index is 2.23. The van der Waals surface area contributed by atoms with Gasteiger partial charge in [0.05, 0.1) is 6.61 Å². The summed E-state index contributed by atoms with van der Waals surface area (Å²) in [4.78, 5) is 4.10. The van der Waals surface area contributed by atoms with Gasteiger partial charge in [0.15, 0.2) is 0 Å². The van der Waals surface area contributed by atoms with Crippen LogP contribution in [0.4, 0.5) is 0 Å². The molecule has 0 saturated carbocycles. The van der Waals surface area contributed by atoms with Gasteiger partial charge in [-0.2, -0.15) is 0 Å². The number of hydrogen-bond acceptors (Lipinski definition) is 3. The first-order valence-electron chi connectivity index (χ1n) is 5.47. The standard InChI is InChI=1S/C13H16N2O/c1-10(9-16)15-8-12-4-2-3-11-7-14-6-5-13(11)12/h2-7,10,15-16H,8-9H2,1H3. The molecular weight excluding hydrogens is 200 g/mol. The van der Waals surface area contributed by atoms with Crippen molar-refractivity contribution in [1.82, 2.24) is 10.3 Å². The van der Waals surface area contributed by atoms with Crippen molar-refractivity contribution in [1.29, 1.82) is 0 Å². The van der Waals surface area contributed by atoms with Crippen molar-refractivity contribution < 1.29 is 5.11 Å². The van der Waals surface area contributed by atoms with Gasteiger partial charge in [0.25, 0.3) is 0 Å². The lowest BCUT2D eigenvalue weighted by atomic mass is 10.1. The Kier molecular flexibility index (Phi) is 3.49. The smallest absolute Gasteiger partial charge is 0.0582 e. The number of nitrogens with one attached hydrogen (secondary N) is 1. The molecule has 16 heavy (non-hydrogen) atoms. The molecule has 0 aliphatic carbocycles. The number of benzene rings is 1. The van der Waals surface area contributed by atoms with Crippen molar-refractivity contribution in [2.45, 2.75) is 19.5 Å². The maximum atomic E-state index is 8.95. The van der Waals surface area contributed by atoms with Crippen LogP contribution in [0.15, 0.2) is 36.7 Å². The molecule has 3 heteroatoms. The summed E-state index contributed by atoms with van der Waals surface area (Å²) in [6.07, 6.45) is 3.68. The van der Waals surface area contributed by atoms with E-state index in [1.165, 1.54) is 10.9 Å². The molecular formula is C13H16N2O. The average molecular weight is 216 g/mol. The van der Waals surface area contributed by atoms with E-state index >= 15 is 0 Å². The maximum Gasteiger partial charge on any atom is 0.0582 e. The van der Waals surface area contributed by atoms with Crippen LogP contribution in [0, 0.1) is 0 Å². The molecule has 3 nitrogen and oxygen atoms in total. The molecule has 0 fully saturated rings. The molecule has 0 bridgehead atoms. The summed E-state index contributed by atoms with van der Waals surface area (Å²) in [5.41, 5.74) is 1.24. The molecule has 1 heterocycles. The molecule has 0 aliphatic rings. The van der Waals surface area contributed by atoms with Gasteiger partial charge in [-0.05, 0) is 23.9 Å². The quantitative estimate of drug-likeness (QED) is 0.817. The lowest BCUT2D eigenvalue weighted by Crippen LogP contribution is -2.28. The maximum absolute atomic E-state index is 8.95. The summed E-state index contributed by atoms with van der Waals surface area (Å²) in [5, 5.41) is 14.6. The lowest BCUT2D eigenvalue weighted by molar-refractivity contribution is 0.251. The van der Waals surface area contributed by atoms with Crippen LogP contribution in [0.3, 0.4) is 0 Å². The van der Waals surface area contributed by atoms with E-state index < -0.39 is 0 Å². The van der Waals surface area contributed by atoms with Crippen molar-refractivity contribution in [2.75, 3.05) is 6.61 Å². The van der Waals surface area contributed by atoms with Crippen molar-refractivity contribution >= 4 is 10.8 Å². The fourth-order valence-electron chi connectivity index (χ4n) is 1.69.